The summed E-state index contributed by atoms with van der Waals surface area (Å²) in [6.45, 7) is 11.0. The first-order valence-electron chi connectivity index (χ1n) is 13.4. The highest BCUT2D eigenvalue weighted by molar-refractivity contribution is 5.81. The Kier molecular flexibility index (Phi) is 14.8. The average Bonchev–Trinajstić information content (AvgIpc) is 2.92. The van der Waals surface area contributed by atoms with Crippen LogP contribution in [0.1, 0.15) is 72.8 Å². The molecular formula is C28H43NO11. The van der Waals surface area contributed by atoms with Crippen LogP contribution in [0.25, 0.3) is 0 Å². The molecule has 1 aromatic rings. The summed E-state index contributed by atoms with van der Waals surface area (Å²) in [4.78, 5) is 49.1. The molecule has 0 heterocycles. The molecule has 0 fully saturated rings. The van der Waals surface area contributed by atoms with E-state index in [2.05, 4.69) is 0 Å². The van der Waals surface area contributed by atoms with E-state index in [1.165, 1.54) is 25.3 Å². The predicted octanol–water partition coefficient (Wildman–Crippen LogP) is 5.32. The topological polar surface area (TPSA) is 159 Å². The molecule has 0 aromatic heterocycles. The molecule has 226 valence electrons. The molecule has 0 saturated carbocycles. The Morgan fingerprint density at radius 1 is 0.825 bits per heavy atom. The fourth-order valence-corrected chi connectivity index (χ4v) is 3.07. The van der Waals surface area contributed by atoms with Crippen molar-refractivity contribution in [3.8, 4) is 11.5 Å². The van der Waals surface area contributed by atoms with Crippen molar-refractivity contribution in [2.24, 2.45) is 11.7 Å². The van der Waals surface area contributed by atoms with Gasteiger partial charge in [-0.25, -0.2) is 14.4 Å². The maximum atomic E-state index is 12.6. The lowest BCUT2D eigenvalue weighted by molar-refractivity contribution is -0.147. The molecule has 0 amide bonds. The van der Waals surface area contributed by atoms with Crippen molar-refractivity contribution in [2.45, 2.75) is 91.4 Å². The van der Waals surface area contributed by atoms with Gasteiger partial charge < -0.3 is 38.9 Å². The molecule has 0 aliphatic heterocycles. The molecule has 0 spiro atoms. The molecule has 4 atom stereocenters. The minimum Gasteiger partial charge on any atom is -0.468 e. The van der Waals surface area contributed by atoms with E-state index in [4.69, 9.17) is 38.9 Å². The molecule has 2 unspecified atom stereocenters. The number of carbonyl (C=O) groups excluding carboxylic acids is 4. The van der Waals surface area contributed by atoms with Crippen LogP contribution >= 0.6 is 0 Å². The van der Waals surface area contributed by atoms with Crippen LogP contribution in [0, 0.1) is 5.92 Å². The van der Waals surface area contributed by atoms with Gasteiger partial charge in [0.15, 0.2) is 11.5 Å². The third kappa shape index (κ3) is 12.1. The molecule has 0 bridgehead atoms. The number of benzene rings is 1. The first-order chi connectivity index (χ1) is 18.9. The van der Waals surface area contributed by atoms with Crippen LogP contribution in [0.15, 0.2) is 18.2 Å². The van der Waals surface area contributed by atoms with Gasteiger partial charge in [-0.05, 0) is 50.3 Å². The van der Waals surface area contributed by atoms with E-state index in [1.54, 1.807) is 13.8 Å². The third-order valence-electron chi connectivity index (χ3n) is 6.20. The van der Waals surface area contributed by atoms with Gasteiger partial charge in [0.1, 0.15) is 17.7 Å². The highest BCUT2D eigenvalue weighted by Gasteiger charge is 2.36. The van der Waals surface area contributed by atoms with Crippen molar-refractivity contribution >= 4 is 24.4 Å². The molecule has 0 aliphatic carbocycles. The molecular weight excluding hydrogens is 526 g/mol. The molecule has 0 aliphatic rings. The van der Waals surface area contributed by atoms with E-state index in [9.17, 15) is 19.2 Å². The Morgan fingerprint density at radius 3 is 1.93 bits per heavy atom. The van der Waals surface area contributed by atoms with Gasteiger partial charge in [0.2, 0.25) is 0 Å². The summed E-state index contributed by atoms with van der Waals surface area (Å²) in [7, 11) is 1.19. The summed E-state index contributed by atoms with van der Waals surface area (Å²) < 4.78 is 35.9. The summed E-state index contributed by atoms with van der Waals surface area (Å²) >= 11 is 0. The van der Waals surface area contributed by atoms with Crippen molar-refractivity contribution < 1.29 is 52.3 Å². The SMILES string of the molecule is CCC(C)OC(=O)Oc1cc(CC(N)(CCOC(=O)OC[C@@H](C)CC)C(=O)OC)ccc1OC(=O)O[C@@H](C)CC. The highest BCUT2D eigenvalue weighted by atomic mass is 16.8. The number of esters is 1. The zero-order valence-corrected chi connectivity index (χ0v) is 24.5. The Hall–Kier alpha value is -3.54. The molecule has 12 nitrogen and oxygen atoms in total. The Bertz CT molecular complexity index is 983. The Balaban J connectivity index is 3.12. The summed E-state index contributed by atoms with van der Waals surface area (Å²) in [5.74, 6) is -0.825. The van der Waals surface area contributed by atoms with Crippen LogP contribution in [0.3, 0.4) is 0 Å². The highest BCUT2D eigenvalue weighted by Crippen LogP contribution is 2.31. The Labute approximate surface area is 235 Å². The van der Waals surface area contributed by atoms with E-state index in [0.717, 1.165) is 6.42 Å². The minimum absolute atomic E-state index is 0.0934. The molecule has 40 heavy (non-hydrogen) atoms. The molecule has 12 heteroatoms. The summed E-state index contributed by atoms with van der Waals surface area (Å²) in [6, 6.07) is 4.29. The normalized spacial score (nSPS) is 14.5. The lowest BCUT2D eigenvalue weighted by atomic mass is 9.88. The van der Waals surface area contributed by atoms with Crippen molar-refractivity contribution in [1.82, 2.24) is 0 Å². The maximum Gasteiger partial charge on any atom is 0.514 e. The van der Waals surface area contributed by atoms with E-state index < -0.39 is 36.1 Å². The van der Waals surface area contributed by atoms with Gasteiger partial charge in [-0.15, -0.1) is 0 Å². The second kappa shape index (κ2) is 17.2. The largest absolute Gasteiger partial charge is 0.514 e. The van der Waals surface area contributed by atoms with Gasteiger partial charge in [-0.2, -0.15) is 0 Å². The summed E-state index contributed by atoms with van der Waals surface area (Å²) in [5, 5.41) is 0. The molecule has 0 saturated heterocycles. The smallest absolute Gasteiger partial charge is 0.468 e. The number of nitrogens with two attached hydrogens (primary N) is 1. The fraction of sp³-hybridized carbons (Fsp3) is 0.643. The Morgan fingerprint density at radius 2 is 1.40 bits per heavy atom. The van der Waals surface area contributed by atoms with Crippen molar-refractivity contribution in [1.29, 1.82) is 0 Å². The second-order valence-corrected chi connectivity index (χ2v) is 9.66. The third-order valence-corrected chi connectivity index (χ3v) is 6.20. The maximum absolute atomic E-state index is 12.6. The van der Waals surface area contributed by atoms with Crippen molar-refractivity contribution in [3.05, 3.63) is 23.8 Å². The summed E-state index contributed by atoms with van der Waals surface area (Å²) in [6.07, 6.45) is -1.89. The quantitative estimate of drug-likeness (QED) is 0.165. The van der Waals surface area contributed by atoms with Crippen LogP contribution < -0.4 is 15.2 Å². The number of carbonyl (C=O) groups is 4. The number of hydrogen-bond acceptors (Lipinski definition) is 12. The van der Waals surface area contributed by atoms with E-state index in [0.29, 0.717) is 18.4 Å². The summed E-state index contributed by atoms with van der Waals surface area (Å²) in [5.41, 5.74) is 5.21. The van der Waals surface area contributed by atoms with E-state index >= 15 is 0 Å². The van der Waals surface area contributed by atoms with Crippen LogP contribution in [0.4, 0.5) is 14.4 Å². The van der Waals surface area contributed by atoms with Crippen LogP contribution in [0.5, 0.6) is 11.5 Å². The van der Waals surface area contributed by atoms with Crippen LogP contribution in [-0.2, 0) is 34.9 Å². The van der Waals surface area contributed by atoms with Gasteiger partial charge >= 0.3 is 24.4 Å². The van der Waals surface area contributed by atoms with Gasteiger partial charge in [0.05, 0.1) is 20.3 Å². The molecule has 0 radical (unpaired) electrons. The zero-order chi connectivity index (χ0) is 30.3. The predicted molar refractivity (Wildman–Crippen MR) is 144 cm³/mol. The van der Waals surface area contributed by atoms with Crippen LogP contribution in [-0.4, -0.2) is 62.5 Å². The van der Waals surface area contributed by atoms with E-state index in [-0.39, 0.29) is 49.6 Å². The lowest BCUT2D eigenvalue weighted by Crippen LogP contribution is -2.51. The van der Waals surface area contributed by atoms with Gasteiger partial charge in [-0.1, -0.05) is 40.2 Å². The van der Waals surface area contributed by atoms with Gasteiger partial charge in [0.25, 0.3) is 0 Å². The van der Waals surface area contributed by atoms with Gasteiger partial charge in [0, 0.05) is 12.8 Å². The van der Waals surface area contributed by atoms with Gasteiger partial charge in [-0.3, -0.25) is 4.79 Å². The number of methoxy groups -OCH3 is 1. The molecule has 1 aromatic carbocycles. The fourth-order valence-electron chi connectivity index (χ4n) is 3.07. The number of hydrogen-bond donors (Lipinski definition) is 1. The lowest BCUT2D eigenvalue weighted by Gasteiger charge is -2.26. The minimum atomic E-state index is -1.61. The van der Waals surface area contributed by atoms with Crippen molar-refractivity contribution in [3.63, 3.8) is 0 Å². The standard InChI is InChI=1S/C28H43NO11/c1-8-18(4)17-36-25(31)35-14-13-28(29,24(30)34-7)16-21-11-12-22(39-26(32)37-19(5)9-2)23(15-21)40-27(33)38-20(6)10-3/h11-12,15,18-20H,8-10,13-14,16-17,29H2,1-7H3/t18-,19-,20?,28?/m0/s1. The van der Waals surface area contributed by atoms with Crippen LogP contribution in [0.2, 0.25) is 0 Å². The molecule has 1 rings (SSSR count). The average molecular weight is 570 g/mol. The monoisotopic (exact) mass is 569 g/mol. The second-order valence-electron chi connectivity index (χ2n) is 9.66. The molecule has 2 N–H and O–H groups in total. The zero-order valence-electron chi connectivity index (χ0n) is 24.5. The van der Waals surface area contributed by atoms with Crippen molar-refractivity contribution in [2.75, 3.05) is 20.3 Å². The first-order valence-corrected chi connectivity index (χ1v) is 13.4. The van der Waals surface area contributed by atoms with E-state index in [1.807, 2.05) is 27.7 Å². The first kappa shape index (κ1) is 34.5. The number of ether oxygens (including phenoxy) is 7. The number of rotatable bonds is 15.